The second kappa shape index (κ2) is 3.76. The third-order valence-electron chi connectivity index (χ3n) is 5.73. The van der Waals surface area contributed by atoms with Crippen molar-refractivity contribution in [3.63, 3.8) is 0 Å². The Morgan fingerprint density at radius 3 is 2.68 bits per heavy atom. The molecule has 0 bridgehead atoms. The van der Waals surface area contributed by atoms with Gasteiger partial charge >= 0.3 is 0 Å². The van der Waals surface area contributed by atoms with Gasteiger partial charge in [-0.1, -0.05) is 6.92 Å². The van der Waals surface area contributed by atoms with Crippen molar-refractivity contribution in [2.24, 2.45) is 5.92 Å². The van der Waals surface area contributed by atoms with E-state index in [1.165, 1.54) is 25.0 Å². The standard InChI is InChI=1S/C17H22S2/c1-10-8-18-16(3)14(10)12-6-5-7-13(12)15-11(2)9-19-17(15,16)4/h8,11H,5-7,9H2,1-4H3. The van der Waals surface area contributed by atoms with Gasteiger partial charge in [-0.05, 0) is 79.2 Å². The minimum Gasteiger partial charge on any atom is -0.149 e. The summed E-state index contributed by atoms with van der Waals surface area (Å²) in [6.45, 7) is 9.81. The first-order chi connectivity index (χ1) is 8.99. The van der Waals surface area contributed by atoms with E-state index >= 15 is 0 Å². The molecule has 19 heavy (non-hydrogen) atoms. The maximum atomic E-state index is 2.53. The summed E-state index contributed by atoms with van der Waals surface area (Å²) in [7, 11) is 0. The molecule has 2 aliphatic carbocycles. The first-order valence-corrected chi connectivity index (χ1v) is 9.32. The van der Waals surface area contributed by atoms with Crippen LogP contribution in [-0.4, -0.2) is 15.2 Å². The quantitative estimate of drug-likeness (QED) is 0.591. The summed E-state index contributed by atoms with van der Waals surface area (Å²) < 4.78 is 0.606. The number of rotatable bonds is 0. The van der Waals surface area contributed by atoms with Crippen LogP contribution in [0.15, 0.2) is 33.3 Å². The third-order valence-corrected chi connectivity index (χ3v) is 9.28. The molecule has 2 heteroatoms. The Labute approximate surface area is 125 Å². The maximum Gasteiger partial charge on any atom is 0.0608 e. The number of hydrogen-bond acceptors (Lipinski definition) is 2. The number of hydrogen-bond donors (Lipinski definition) is 0. The topological polar surface area (TPSA) is 0 Å². The molecule has 0 nitrogen and oxygen atoms in total. The molecular weight excluding hydrogens is 268 g/mol. The van der Waals surface area contributed by atoms with E-state index < -0.39 is 0 Å². The number of thioether (sulfide) groups is 2. The van der Waals surface area contributed by atoms with Gasteiger partial charge in [0.15, 0.2) is 0 Å². The molecule has 2 heterocycles. The number of fused-ring (bicyclic) bond motifs is 4. The molecule has 3 atom stereocenters. The molecular formula is C17H22S2. The zero-order chi connectivity index (χ0) is 13.4. The normalized spacial score (nSPS) is 44.4. The van der Waals surface area contributed by atoms with Gasteiger partial charge < -0.3 is 0 Å². The van der Waals surface area contributed by atoms with Crippen molar-refractivity contribution in [3.05, 3.63) is 33.3 Å². The maximum absolute atomic E-state index is 2.53. The molecule has 2 aliphatic heterocycles. The SMILES string of the molecule is CC1=CSC2(C)C1=C1CCCC1=C1C(C)CSC12C. The van der Waals surface area contributed by atoms with E-state index in [0.717, 1.165) is 5.92 Å². The summed E-state index contributed by atoms with van der Waals surface area (Å²) in [5.41, 5.74) is 8.57. The van der Waals surface area contributed by atoms with E-state index in [1.807, 2.05) is 5.57 Å². The van der Waals surface area contributed by atoms with E-state index in [0.29, 0.717) is 4.75 Å². The molecule has 0 aromatic rings. The monoisotopic (exact) mass is 290 g/mol. The fraction of sp³-hybridized carbons (Fsp3) is 0.647. The van der Waals surface area contributed by atoms with Gasteiger partial charge in [0.2, 0.25) is 0 Å². The fourth-order valence-corrected chi connectivity index (χ4v) is 7.99. The van der Waals surface area contributed by atoms with E-state index in [9.17, 15) is 0 Å². The highest BCUT2D eigenvalue weighted by atomic mass is 32.2. The van der Waals surface area contributed by atoms with Gasteiger partial charge in [0.25, 0.3) is 0 Å². The Hall–Kier alpha value is -0.0800. The van der Waals surface area contributed by atoms with Crippen LogP contribution in [0, 0.1) is 5.92 Å². The van der Waals surface area contributed by atoms with Gasteiger partial charge in [0, 0.05) is 5.75 Å². The Morgan fingerprint density at radius 2 is 1.89 bits per heavy atom. The molecule has 0 aromatic heterocycles. The second-order valence-electron chi connectivity index (χ2n) is 6.80. The van der Waals surface area contributed by atoms with Crippen LogP contribution in [0.4, 0.5) is 0 Å². The average molecular weight is 290 g/mol. The van der Waals surface area contributed by atoms with Crippen LogP contribution < -0.4 is 0 Å². The molecule has 3 unspecified atom stereocenters. The summed E-state index contributed by atoms with van der Waals surface area (Å²) in [4.78, 5) is 0. The Balaban J connectivity index is 2.05. The summed E-state index contributed by atoms with van der Waals surface area (Å²) in [5, 5.41) is 2.43. The lowest BCUT2D eigenvalue weighted by molar-refractivity contribution is 0.555. The van der Waals surface area contributed by atoms with Crippen LogP contribution in [0.3, 0.4) is 0 Å². The molecule has 4 rings (SSSR count). The fourth-order valence-electron chi connectivity index (χ4n) is 4.80. The average Bonchev–Trinajstić information content (AvgIpc) is 3.00. The molecule has 1 saturated carbocycles. The zero-order valence-electron chi connectivity index (χ0n) is 12.3. The summed E-state index contributed by atoms with van der Waals surface area (Å²) in [6.07, 6.45) is 4.03. The van der Waals surface area contributed by atoms with Gasteiger partial charge in [-0.3, -0.25) is 0 Å². The molecule has 1 saturated heterocycles. The smallest absolute Gasteiger partial charge is 0.0608 e. The highest BCUT2D eigenvalue weighted by Crippen LogP contribution is 2.68. The lowest BCUT2D eigenvalue weighted by Crippen LogP contribution is -2.48. The molecule has 2 fully saturated rings. The van der Waals surface area contributed by atoms with Crippen LogP contribution >= 0.6 is 23.5 Å². The van der Waals surface area contributed by atoms with Crippen LogP contribution in [-0.2, 0) is 0 Å². The van der Waals surface area contributed by atoms with E-state index in [2.05, 4.69) is 56.6 Å². The van der Waals surface area contributed by atoms with Gasteiger partial charge in [0.1, 0.15) is 0 Å². The van der Waals surface area contributed by atoms with Crippen molar-refractivity contribution in [3.8, 4) is 0 Å². The van der Waals surface area contributed by atoms with Crippen molar-refractivity contribution in [1.82, 2.24) is 0 Å². The van der Waals surface area contributed by atoms with E-state index in [1.54, 1.807) is 22.3 Å². The van der Waals surface area contributed by atoms with Gasteiger partial charge in [-0.2, -0.15) is 0 Å². The summed E-state index contributed by atoms with van der Waals surface area (Å²) in [6, 6.07) is 0. The van der Waals surface area contributed by atoms with Gasteiger partial charge in [-0.25, -0.2) is 0 Å². The van der Waals surface area contributed by atoms with Gasteiger partial charge in [0.05, 0.1) is 9.49 Å². The first kappa shape index (κ1) is 12.6. The number of allylic oxidation sites excluding steroid dienone is 3. The largest absolute Gasteiger partial charge is 0.149 e. The predicted octanol–water partition coefficient (Wildman–Crippen LogP) is 5.33. The van der Waals surface area contributed by atoms with Crippen molar-refractivity contribution in [2.45, 2.75) is 56.5 Å². The van der Waals surface area contributed by atoms with Crippen molar-refractivity contribution >= 4 is 23.5 Å². The second-order valence-corrected chi connectivity index (χ2v) is 9.52. The van der Waals surface area contributed by atoms with Crippen molar-refractivity contribution < 1.29 is 0 Å². The Kier molecular flexibility index (Phi) is 2.50. The Morgan fingerprint density at radius 1 is 1.16 bits per heavy atom. The highest BCUT2D eigenvalue weighted by Gasteiger charge is 2.60. The van der Waals surface area contributed by atoms with Gasteiger partial charge in [-0.15, -0.1) is 23.5 Å². The van der Waals surface area contributed by atoms with Crippen molar-refractivity contribution in [2.75, 3.05) is 5.75 Å². The highest BCUT2D eigenvalue weighted by molar-refractivity contribution is 8.07. The van der Waals surface area contributed by atoms with Crippen molar-refractivity contribution in [1.29, 1.82) is 0 Å². The minimum atomic E-state index is 0.283. The minimum absolute atomic E-state index is 0.283. The van der Waals surface area contributed by atoms with E-state index in [-0.39, 0.29) is 4.75 Å². The lowest BCUT2D eigenvalue weighted by Gasteiger charge is -2.48. The van der Waals surface area contributed by atoms with E-state index in [4.69, 9.17) is 0 Å². The molecule has 0 spiro atoms. The predicted molar refractivity (Wildman–Crippen MR) is 87.7 cm³/mol. The first-order valence-electron chi connectivity index (χ1n) is 7.45. The summed E-state index contributed by atoms with van der Waals surface area (Å²) in [5.74, 6) is 2.09. The molecule has 0 aromatic carbocycles. The lowest BCUT2D eigenvalue weighted by atomic mass is 9.68. The molecule has 0 radical (unpaired) electrons. The van der Waals surface area contributed by atoms with Crippen LogP contribution in [0.5, 0.6) is 0 Å². The van der Waals surface area contributed by atoms with Crippen LogP contribution in [0.2, 0.25) is 0 Å². The molecule has 4 aliphatic rings. The molecule has 102 valence electrons. The summed E-state index contributed by atoms with van der Waals surface area (Å²) >= 11 is 4.30. The molecule has 0 N–H and O–H groups in total. The zero-order valence-corrected chi connectivity index (χ0v) is 13.9. The Bertz CT molecular complexity index is 564. The third kappa shape index (κ3) is 1.31. The molecule has 0 amide bonds. The van der Waals surface area contributed by atoms with Crippen LogP contribution in [0.1, 0.15) is 47.0 Å². The van der Waals surface area contributed by atoms with Crippen LogP contribution in [0.25, 0.3) is 0 Å².